The van der Waals surface area contributed by atoms with Gasteiger partial charge in [-0.05, 0) is 42.0 Å². The summed E-state index contributed by atoms with van der Waals surface area (Å²) in [6.45, 7) is 0.313. The highest BCUT2D eigenvalue weighted by molar-refractivity contribution is 7.91. The van der Waals surface area contributed by atoms with E-state index in [4.69, 9.17) is 4.74 Å². The molecule has 0 aliphatic carbocycles. The molecule has 0 spiro atoms. The van der Waals surface area contributed by atoms with E-state index >= 15 is 0 Å². The van der Waals surface area contributed by atoms with Crippen molar-refractivity contribution in [3.05, 3.63) is 59.7 Å². The van der Waals surface area contributed by atoms with Crippen LogP contribution in [0, 0.1) is 0 Å². The second-order valence-corrected chi connectivity index (χ2v) is 7.26. The SMILES string of the molecule is COc1cccc(CN(C)C(=O)c2ccc(S(=O)(=O)C(F)F)cc2)c1. The number of rotatable bonds is 6. The van der Waals surface area contributed by atoms with Gasteiger partial charge in [-0.15, -0.1) is 0 Å². The summed E-state index contributed by atoms with van der Waals surface area (Å²) in [6, 6.07) is 11.7. The minimum Gasteiger partial charge on any atom is -0.497 e. The van der Waals surface area contributed by atoms with Crippen molar-refractivity contribution in [3.8, 4) is 5.75 Å². The zero-order chi connectivity index (χ0) is 18.6. The number of hydrogen-bond acceptors (Lipinski definition) is 4. The van der Waals surface area contributed by atoms with Crippen molar-refractivity contribution >= 4 is 15.7 Å². The summed E-state index contributed by atoms with van der Waals surface area (Å²) in [5.74, 6) is -3.19. The lowest BCUT2D eigenvalue weighted by Crippen LogP contribution is -2.26. The topological polar surface area (TPSA) is 63.7 Å². The van der Waals surface area contributed by atoms with Gasteiger partial charge in [0.2, 0.25) is 9.84 Å². The molecule has 2 aromatic carbocycles. The van der Waals surface area contributed by atoms with Gasteiger partial charge in [0.05, 0.1) is 12.0 Å². The average molecular weight is 369 g/mol. The standard InChI is InChI=1S/C17H17F2NO4S/c1-20(11-12-4-3-5-14(10-12)24-2)16(21)13-6-8-15(9-7-13)25(22,23)17(18)19/h3-10,17H,11H2,1-2H3. The number of nitrogens with zero attached hydrogens (tertiary/aromatic N) is 1. The highest BCUT2D eigenvalue weighted by Gasteiger charge is 2.26. The van der Waals surface area contributed by atoms with Crippen molar-refractivity contribution in [1.82, 2.24) is 4.90 Å². The lowest BCUT2D eigenvalue weighted by molar-refractivity contribution is 0.0785. The molecule has 0 saturated carbocycles. The average Bonchev–Trinajstić information content (AvgIpc) is 2.61. The van der Waals surface area contributed by atoms with Crippen molar-refractivity contribution in [1.29, 1.82) is 0 Å². The van der Waals surface area contributed by atoms with Gasteiger partial charge < -0.3 is 9.64 Å². The van der Waals surface area contributed by atoms with E-state index in [2.05, 4.69) is 0 Å². The van der Waals surface area contributed by atoms with Crippen molar-refractivity contribution in [2.75, 3.05) is 14.2 Å². The molecule has 0 bridgehead atoms. The number of amides is 1. The third-order valence-electron chi connectivity index (χ3n) is 3.56. The maximum absolute atomic E-state index is 12.5. The Morgan fingerprint density at radius 3 is 2.36 bits per heavy atom. The van der Waals surface area contributed by atoms with Gasteiger partial charge in [-0.25, -0.2) is 8.42 Å². The number of carbonyl (C=O) groups is 1. The Morgan fingerprint density at radius 1 is 1.16 bits per heavy atom. The van der Waals surface area contributed by atoms with Crippen LogP contribution < -0.4 is 4.74 Å². The van der Waals surface area contributed by atoms with Crippen LogP contribution in [0.4, 0.5) is 8.78 Å². The first kappa shape index (κ1) is 18.9. The molecule has 0 aromatic heterocycles. The second-order valence-electron chi connectivity index (χ2n) is 5.34. The van der Waals surface area contributed by atoms with E-state index in [1.54, 1.807) is 32.4 Å². The fourth-order valence-corrected chi connectivity index (χ4v) is 2.95. The molecule has 2 aromatic rings. The van der Waals surface area contributed by atoms with Crippen LogP contribution in [0.25, 0.3) is 0 Å². The number of methoxy groups -OCH3 is 1. The molecule has 0 fully saturated rings. The van der Waals surface area contributed by atoms with Crippen molar-refractivity contribution in [3.63, 3.8) is 0 Å². The summed E-state index contributed by atoms with van der Waals surface area (Å²) in [6.07, 6.45) is 0. The maximum atomic E-state index is 12.5. The molecule has 1 amide bonds. The molecule has 8 heteroatoms. The number of hydrogen-bond donors (Lipinski definition) is 0. The summed E-state index contributed by atoms with van der Waals surface area (Å²) in [5, 5.41) is 0. The Morgan fingerprint density at radius 2 is 1.80 bits per heavy atom. The summed E-state index contributed by atoms with van der Waals surface area (Å²) in [4.78, 5) is 13.3. The molecule has 5 nitrogen and oxygen atoms in total. The number of sulfone groups is 1. The van der Waals surface area contributed by atoms with Crippen molar-refractivity contribution in [2.45, 2.75) is 17.2 Å². The van der Waals surface area contributed by atoms with E-state index in [1.165, 1.54) is 17.0 Å². The van der Waals surface area contributed by atoms with Crippen LogP contribution in [0.3, 0.4) is 0 Å². The third kappa shape index (κ3) is 4.33. The van der Waals surface area contributed by atoms with Crippen molar-refractivity contribution in [2.24, 2.45) is 0 Å². The van der Waals surface area contributed by atoms with Crippen LogP contribution in [0.5, 0.6) is 5.75 Å². The minimum absolute atomic E-state index is 0.207. The molecule has 0 unspecified atom stereocenters. The molecule has 25 heavy (non-hydrogen) atoms. The predicted octanol–water partition coefficient (Wildman–Crippen LogP) is 2.96. The summed E-state index contributed by atoms with van der Waals surface area (Å²) < 4.78 is 52.9. The number of alkyl halides is 2. The lowest BCUT2D eigenvalue weighted by atomic mass is 10.1. The van der Waals surface area contributed by atoms with Gasteiger partial charge in [-0.1, -0.05) is 12.1 Å². The van der Waals surface area contributed by atoms with Gasteiger partial charge in [-0.3, -0.25) is 4.79 Å². The molecule has 0 aliphatic heterocycles. The van der Waals surface area contributed by atoms with Gasteiger partial charge in [0.15, 0.2) is 0 Å². The van der Waals surface area contributed by atoms with Crippen LogP contribution in [-0.2, 0) is 16.4 Å². The first-order chi connectivity index (χ1) is 11.8. The zero-order valence-electron chi connectivity index (χ0n) is 13.6. The van der Waals surface area contributed by atoms with Crippen LogP contribution in [0.2, 0.25) is 0 Å². The monoisotopic (exact) mass is 369 g/mol. The molecule has 0 aliphatic rings. The highest BCUT2D eigenvalue weighted by Crippen LogP contribution is 2.20. The van der Waals surface area contributed by atoms with Gasteiger partial charge in [-0.2, -0.15) is 8.78 Å². The second kappa shape index (κ2) is 7.60. The van der Waals surface area contributed by atoms with Gasteiger partial charge >= 0.3 is 5.76 Å². The fraction of sp³-hybridized carbons (Fsp3) is 0.235. The van der Waals surface area contributed by atoms with E-state index in [9.17, 15) is 22.0 Å². The number of carbonyl (C=O) groups excluding carboxylic acids is 1. The third-order valence-corrected chi connectivity index (χ3v) is 4.96. The summed E-state index contributed by atoms with van der Waals surface area (Å²) in [7, 11) is -1.53. The van der Waals surface area contributed by atoms with Gasteiger partial charge in [0, 0.05) is 19.2 Å². The van der Waals surface area contributed by atoms with Crippen LogP contribution in [-0.4, -0.2) is 39.1 Å². The summed E-state index contributed by atoms with van der Waals surface area (Å²) >= 11 is 0. The Bertz CT molecular complexity index is 851. The van der Waals surface area contributed by atoms with Crippen LogP contribution >= 0.6 is 0 Å². The lowest BCUT2D eigenvalue weighted by Gasteiger charge is -2.18. The van der Waals surface area contributed by atoms with E-state index in [1.807, 2.05) is 6.07 Å². The van der Waals surface area contributed by atoms with Gasteiger partial charge in [0.25, 0.3) is 5.91 Å². The quantitative estimate of drug-likeness (QED) is 0.785. The first-order valence-corrected chi connectivity index (χ1v) is 8.81. The summed E-state index contributed by atoms with van der Waals surface area (Å²) in [5.41, 5.74) is 1.06. The molecule has 0 N–H and O–H groups in total. The van der Waals surface area contributed by atoms with Gasteiger partial charge in [0.1, 0.15) is 5.75 Å². The highest BCUT2D eigenvalue weighted by atomic mass is 32.2. The van der Waals surface area contributed by atoms with E-state index in [0.29, 0.717) is 12.3 Å². The zero-order valence-corrected chi connectivity index (χ0v) is 14.5. The largest absolute Gasteiger partial charge is 0.497 e. The van der Waals surface area contributed by atoms with E-state index < -0.39 is 20.5 Å². The molecule has 0 atom stereocenters. The molecular formula is C17H17F2NO4S. The Balaban J connectivity index is 2.14. The number of ether oxygens (including phenoxy) is 1. The van der Waals surface area contributed by atoms with E-state index in [0.717, 1.165) is 17.7 Å². The normalized spacial score (nSPS) is 11.4. The number of halogens is 2. The van der Waals surface area contributed by atoms with Crippen molar-refractivity contribution < 1.29 is 26.7 Å². The smallest absolute Gasteiger partial charge is 0.341 e. The fourth-order valence-electron chi connectivity index (χ4n) is 2.23. The Labute approximate surface area is 144 Å². The minimum atomic E-state index is -4.67. The first-order valence-electron chi connectivity index (χ1n) is 7.26. The molecule has 134 valence electrons. The van der Waals surface area contributed by atoms with Crippen LogP contribution in [0.1, 0.15) is 15.9 Å². The Kier molecular flexibility index (Phi) is 5.73. The maximum Gasteiger partial charge on any atom is 0.341 e. The molecule has 0 heterocycles. The predicted molar refractivity (Wildman–Crippen MR) is 88.4 cm³/mol. The van der Waals surface area contributed by atoms with E-state index in [-0.39, 0.29) is 11.5 Å². The Hall–Kier alpha value is -2.48. The molecule has 0 radical (unpaired) electrons. The molecular weight excluding hydrogens is 352 g/mol. The van der Waals surface area contributed by atoms with Crippen LogP contribution in [0.15, 0.2) is 53.4 Å². The molecule has 0 saturated heterocycles. The number of benzene rings is 2. The molecule has 2 rings (SSSR count).